The van der Waals surface area contributed by atoms with Crippen LogP contribution in [0.1, 0.15) is 32.1 Å². The highest BCUT2D eigenvalue weighted by molar-refractivity contribution is 14.1. The fourth-order valence-electron chi connectivity index (χ4n) is 3.28. The highest BCUT2D eigenvalue weighted by Gasteiger charge is 2.31. The van der Waals surface area contributed by atoms with Crippen LogP contribution in [0.4, 0.5) is 0 Å². The molecule has 2 aliphatic carbocycles. The molecule has 3 rings (SSSR count). The van der Waals surface area contributed by atoms with Crippen molar-refractivity contribution in [1.82, 2.24) is 0 Å². The van der Waals surface area contributed by atoms with E-state index in [1.807, 2.05) is 12.3 Å². The summed E-state index contributed by atoms with van der Waals surface area (Å²) in [5, 5.41) is 8.96. The molecule has 1 atom stereocenters. The summed E-state index contributed by atoms with van der Waals surface area (Å²) >= 11 is 2.30. The molecule has 4 heteroatoms. The van der Waals surface area contributed by atoms with Gasteiger partial charge in [0, 0.05) is 11.8 Å². The van der Waals surface area contributed by atoms with Crippen LogP contribution in [0.15, 0.2) is 48.9 Å². The Labute approximate surface area is 138 Å². The lowest BCUT2D eigenvalue weighted by Crippen LogP contribution is -2.20. The largest absolute Gasteiger partial charge is 0.499 e. The van der Waals surface area contributed by atoms with Gasteiger partial charge in [0.15, 0.2) is 0 Å². The Kier molecular flexibility index (Phi) is 4.29. The second kappa shape index (κ2) is 6.18. The Hall–Kier alpha value is -1.35. The number of rotatable bonds is 2. The zero-order valence-electron chi connectivity index (χ0n) is 12.0. The van der Waals surface area contributed by atoms with Crippen LogP contribution in [0, 0.1) is 17.2 Å². The highest BCUT2D eigenvalue weighted by Crippen LogP contribution is 2.43. The van der Waals surface area contributed by atoms with Crippen LogP contribution in [0.3, 0.4) is 0 Å². The first-order chi connectivity index (χ1) is 10.2. The van der Waals surface area contributed by atoms with E-state index in [9.17, 15) is 0 Å². The zero-order chi connectivity index (χ0) is 14.8. The first-order valence-electron chi connectivity index (χ1n) is 7.25. The predicted octanol–water partition coefficient (Wildman–Crippen LogP) is 4.59. The maximum Gasteiger partial charge on any atom is 0.119 e. The number of dihydropyridines is 1. The van der Waals surface area contributed by atoms with Gasteiger partial charge in [0.05, 0.1) is 28.4 Å². The predicted molar refractivity (Wildman–Crippen MR) is 91.9 cm³/mol. The maximum atomic E-state index is 8.96. The van der Waals surface area contributed by atoms with Crippen LogP contribution in [-0.2, 0) is 4.74 Å². The number of allylic oxidation sites excluding steroid dienone is 6. The number of ether oxygens (including phenoxy) is 1. The number of hydrogen-bond donors (Lipinski definition) is 0. The molecular weight excluding hydrogens is 375 g/mol. The Morgan fingerprint density at radius 2 is 2.19 bits per heavy atom. The van der Waals surface area contributed by atoms with E-state index in [4.69, 9.17) is 15.0 Å². The lowest BCUT2D eigenvalue weighted by Gasteiger charge is -2.31. The second-order valence-corrected chi connectivity index (χ2v) is 6.64. The van der Waals surface area contributed by atoms with E-state index in [0.29, 0.717) is 5.92 Å². The molecule has 0 saturated heterocycles. The van der Waals surface area contributed by atoms with Crippen LogP contribution in [0.5, 0.6) is 0 Å². The molecule has 1 aliphatic heterocycles. The summed E-state index contributed by atoms with van der Waals surface area (Å²) < 4.78 is 6.72. The number of nitrogens with zero attached hydrogens (tertiary/aromatic N) is 2. The topological polar surface area (TPSA) is 45.4 Å². The van der Waals surface area contributed by atoms with Gasteiger partial charge in [-0.1, -0.05) is 6.08 Å². The normalized spacial score (nSPS) is 25.1. The molecule has 21 heavy (non-hydrogen) atoms. The van der Waals surface area contributed by atoms with Crippen LogP contribution in [0.2, 0.25) is 0 Å². The molecule has 0 saturated carbocycles. The lowest BCUT2D eigenvalue weighted by atomic mass is 9.79. The summed E-state index contributed by atoms with van der Waals surface area (Å²) in [4.78, 5) is 4.71. The standard InChI is InChI=1S/C17H17IN2O/c1-21-17-14-4-2-3-13(16(14)20-10-15(17)18)12-7-5-11(9-19)6-8-12/h5,7,10,14H,2-4,6,8H2,1H3/t14-/m0/s1. The van der Waals surface area contributed by atoms with Gasteiger partial charge in [0.1, 0.15) is 5.76 Å². The Bertz CT molecular complexity index is 659. The molecule has 3 aliphatic rings. The van der Waals surface area contributed by atoms with E-state index in [-0.39, 0.29) is 0 Å². The monoisotopic (exact) mass is 392 g/mol. The Balaban J connectivity index is 2.00. The van der Waals surface area contributed by atoms with E-state index in [1.54, 1.807) is 7.11 Å². The van der Waals surface area contributed by atoms with Crippen LogP contribution < -0.4 is 0 Å². The van der Waals surface area contributed by atoms with E-state index >= 15 is 0 Å². The van der Waals surface area contributed by atoms with Crippen molar-refractivity contribution in [3.05, 3.63) is 43.9 Å². The molecule has 0 N–H and O–H groups in total. The number of fused-ring (bicyclic) bond motifs is 1. The molecule has 0 amide bonds. The first kappa shape index (κ1) is 14.6. The van der Waals surface area contributed by atoms with E-state index in [1.165, 1.54) is 23.3 Å². The molecule has 0 spiro atoms. The quantitative estimate of drug-likeness (QED) is 0.646. The van der Waals surface area contributed by atoms with Crippen molar-refractivity contribution in [1.29, 1.82) is 5.26 Å². The van der Waals surface area contributed by atoms with E-state index in [0.717, 1.165) is 40.6 Å². The summed E-state index contributed by atoms with van der Waals surface area (Å²) in [7, 11) is 1.75. The lowest BCUT2D eigenvalue weighted by molar-refractivity contribution is 0.242. The SMILES string of the molecule is COC1=C(I)C=NC2=C(C3=CC=C(C#N)CC3)CCC[C@@H]21. The molecular formula is C17H17IN2O. The fraction of sp³-hybridized carbons (Fsp3) is 0.412. The second-order valence-electron chi connectivity index (χ2n) is 5.48. The first-order valence-corrected chi connectivity index (χ1v) is 8.33. The molecule has 0 aromatic heterocycles. The Morgan fingerprint density at radius 3 is 2.86 bits per heavy atom. The van der Waals surface area contributed by atoms with Crippen LogP contribution in [-0.4, -0.2) is 13.3 Å². The molecule has 0 aromatic rings. The van der Waals surface area contributed by atoms with Crippen molar-refractivity contribution in [2.24, 2.45) is 10.9 Å². The number of nitriles is 1. The number of methoxy groups -OCH3 is 1. The van der Waals surface area contributed by atoms with Gasteiger partial charge in [-0.2, -0.15) is 5.26 Å². The molecule has 3 nitrogen and oxygen atoms in total. The molecule has 0 radical (unpaired) electrons. The van der Waals surface area contributed by atoms with Gasteiger partial charge >= 0.3 is 0 Å². The molecule has 108 valence electrons. The van der Waals surface area contributed by atoms with Crippen molar-refractivity contribution in [3.8, 4) is 6.07 Å². The van der Waals surface area contributed by atoms with Crippen molar-refractivity contribution in [2.75, 3.05) is 7.11 Å². The summed E-state index contributed by atoms with van der Waals surface area (Å²) in [5.74, 6) is 1.36. The van der Waals surface area contributed by atoms with Crippen LogP contribution >= 0.6 is 22.6 Å². The minimum atomic E-state index is 0.304. The molecule has 1 heterocycles. The average Bonchev–Trinajstić information content (AvgIpc) is 2.54. The number of halogens is 1. The minimum absolute atomic E-state index is 0.304. The van der Waals surface area contributed by atoms with Crippen molar-refractivity contribution in [3.63, 3.8) is 0 Å². The maximum absolute atomic E-state index is 8.96. The van der Waals surface area contributed by atoms with Crippen LogP contribution in [0.25, 0.3) is 0 Å². The molecule has 0 aromatic carbocycles. The number of hydrogen-bond acceptors (Lipinski definition) is 3. The van der Waals surface area contributed by atoms with Crippen molar-refractivity contribution in [2.45, 2.75) is 32.1 Å². The fourth-order valence-corrected chi connectivity index (χ4v) is 4.02. The zero-order valence-corrected chi connectivity index (χ0v) is 14.2. The van der Waals surface area contributed by atoms with Gasteiger partial charge in [0.2, 0.25) is 0 Å². The number of aliphatic imine (C=N–C) groups is 1. The van der Waals surface area contributed by atoms with Gasteiger partial charge in [-0.25, -0.2) is 0 Å². The third kappa shape index (κ3) is 2.71. The molecule has 0 fully saturated rings. The molecule has 0 bridgehead atoms. The summed E-state index contributed by atoms with van der Waals surface area (Å²) in [6.07, 6.45) is 11.1. The Morgan fingerprint density at radius 1 is 1.33 bits per heavy atom. The summed E-state index contributed by atoms with van der Waals surface area (Å²) in [5.41, 5.74) is 4.77. The summed E-state index contributed by atoms with van der Waals surface area (Å²) in [6, 6.07) is 2.25. The highest BCUT2D eigenvalue weighted by atomic mass is 127. The van der Waals surface area contributed by atoms with Crippen molar-refractivity contribution >= 4 is 28.8 Å². The van der Waals surface area contributed by atoms with Gasteiger partial charge < -0.3 is 4.74 Å². The van der Waals surface area contributed by atoms with Gasteiger partial charge in [-0.3, -0.25) is 4.99 Å². The van der Waals surface area contributed by atoms with E-state index in [2.05, 4.69) is 34.7 Å². The molecule has 0 unspecified atom stereocenters. The third-order valence-electron chi connectivity index (χ3n) is 4.33. The van der Waals surface area contributed by atoms with Crippen molar-refractivity contribution < 1.29 is 4.74 Å². The van der Waals surface area contributed by atoms with Gasteiger partial charge in [0.25, 0.3) is 0 Å². The third-order valence-corrected chi connectivity index (χ3v) is 5.14. The smallest absolute Gasteiger partial charge is 0.119 e. The van der Waals surface area contributed by atoms with Gasteiger partial charge in [-0.15, -0.1) is 0 Å². The minimum Gasteiger partial charge on any atom is -0.499 e. The summed E-state index contributed by atoms with van der Waals surface area (Å²) in [6.45, 7) is 0. The van der Waals surface area contributed by atoms with E-state index < -0.39 is 0 Å². The van der Waals surface area contributed by atoms with Gasteiger partial charge in [-0.05, 0) is 71.9 Å². The average molecular weight is 392 g/mol.